The number of hydrogen-bond acceptors (Lipinski definition) is 4. The Hall–Kier alpha value is -2.99. The minimum absolute atomic E-state index is 0.0318. The number of carbonyl (C=O) groups excluding carboxylic acids is 3. The van der Waals surface area contributed by atoms with Gasteiger partial charge in [-0.05, 0) is 37.5 Å². The number of nitrogens with one attached hydrogen (secondary N) is 1. The lowest BCUT2D eigenvalue weighted by Gasteiger charge is -2.34. The van der Waals surface area contributed by atoms with Crippen LogP contribution in [0.15, 0.2) is 54.6 Å². The van der Waals surface area contributed by atoms with Crippen molar-refractivity contribution in [2.75, 3.05) is 38.0 Å². The summed E-state index contributed by atoms with van der Waals surface area (Å²) >= 11 is 0. The third-order valence-electron chi connectivity index (χ3n) is 5.34. The molecule has 3 rings (SSSR count). The first-order chi connectivity index (χ1) is 14.5. The summed E-state index contributed by atoms with van der Waals surface area (Å²) in [7, 11) is 0. The van der Waals surface area contributed by atoms with Crippen LogP contribution in [0.4, 0.5) is 5.69 Å². The van der Waals surface area contributed by atoms with Gasteiger partial charge in [0, 0.05) is 43.9 Å². The van der Waals surface area contributed by atoms with Crippen LogP contribution >= 0.6 is 0 Å². The second-order valence-electron chi connectivity index (χ2n) is 7.68. The summed E-state index contributed by atoms with van der Waals surface area (Å²) in [5.41, 5.74) is 2.46. The maximum absolute atomic E-state index is 12.4. The number of anilines is 1. The number of piperazine rings is 1. The van der Waals surface area contributed by atoms with Crippen molar-refractivity contribution >= 4 is 23.3 Å². The van der Waals surface area contributed by atoms with Gasteiger partial charge in [0.25, 0.3) is 0 Å². The molecule has 1 aliphatic rings. The molecule has 6 heteroatoms. The molecule has 1 fully saturated rings. The zero-order chi connectivity index (χ0) is 21.3. The SMILES string of the molecule is CC(=O)c1cccc(NC(=O)CN2CCN(C(=O)CCCc3ccccc3)CC2)c1. The summed E-state index contributed by atoms with van der Waals surface area (Å²) in [6.07, 6.45) is 2.32. The summed E-state index contributed by atoms with van der Waals surface area (Å²) in [5, 5.41) is 2.85. The fourth-order valence-corrected chi connectivity index (χ4v) is 3.62. The molecule has 0 aliphatic carbocycles. The van der Waals surface area contributed by atoms with Gasteiger partial charge >= 0.3 is 0 Å². The smallest absolute Gasteiger partial charge is 0.238 e. The quantitative estimate of drug-likeness (QED) is 0.683. The number of carbonyl (C=O) groups is 3. The van der Waals surface area contributed by atoms with Crippen LogP contribution in [0.1, 0.15) is 35.7 Å². The topological polar surface area (TPSA) is 69.7 Å². The first-order valence-corrected chi connectivity index (χ1v) is 10.5. The van der Waals surface area contributed by atoms with Crippen molar-refractivity contribution < 1.29 is 14.4 Å². The molecule has 0 saturated carbocycles. The number of amides is 2. The molecule has 158 valence electrons. The summed E-state index contributed by atoms with van der Waals surface area (Å²) < 4.78 is 0. The predicted octanol–water partition coefficient (Wildman–Crippen LogP) is 2.99. The zero-order valence-corrected chi connectivity index (χ0v) is 17.5. The van der Waals surface area contributed by atoms with Gasteiger partial charge in [0.1, 0.15) is 0 Å². The molecule has 0 spiro atoms. The monoisotopic (exact) mass is 407 g/mol. The second kappa shape index (κ2) is 10.7. The number of hydrogen-bond donors (Lipinski definition) is 1. The Morgan fingerprint density at radius 3 is 2.37 bits per heavy atom. The Bertz CT molecular complexity index is 874. The lowest BCUT2D eigenvalue weighted by Crippen LogP contribution is -2.50. The van der Waals surface area contributed by atoms with Crippen molar-refractivity contribution in [2.45, 2.75) is 26.2 Å². The van der Waals surface area contributed by atoms with Crippen molar-refractivity contribution in [3.63, 3.8) is 0 Å². The predicted molar refractivity (Wildman–Crippen MR) is 117 cm³/mol. The molecule has 0 radical (unpaired) electrons. The molecule has 30 heavy (non-hydrogen) atoms. The summed E-state index contributed by atoms with van der Waals surface area (Å²) in [4.78, 5) is 40.2. The summed E-state index contributed by atoms with van der Waals surface area (Å²) in [6, 6.07) is 17.2. The molecule has 1 N–H and O–H groups in total. The Morgan fingerprint density at radius 1 is 0.933 bits per heavy atom. The van der Waals surface area contributed by atoms with Gasteiger partial charge in [-0.1, -0.05) is 42.5 Å². The average molecular weight is 408 g/mol. The molecule has 2 aromatic carbocycles. The van der Waals surface area contributed by atoms with Crippen LogP contribution in [0.5, 0.6) is 0 Å². The number of aryl methyl sites for hydroxylation is 1. The Kier molecular flexibility index (Phi) is 7.74. The molecule has 0 atom stereocenters. The van der Waals surface area contributed by atoms with E-state index in [1.807, 2.05) is 23.1 Å². The van der Waals surface area contributed by atoms with E-state index in [-0.39, 0.29) is 24.1 Å². The number of Topliss-reactive ketones (excluding diaryl/α,β-unsaturated/α-hetero) is 1. The zero-order valence-electron chi connectivity index (χ0n) is 17.5. The van der Waals surface area contributed by atoms with E-state index in [4.69, 9.17) is 0 Å². The molecule has 2 amide bonds. The van der Waals surface area contributed by atoms with E-state index in [1.165, 1.54) is 12.5 Å². The van der Waals surface area contributed by atoms with Crippen molar-refractivity contribution in [3.8, 4) is 0 Å². The lowest BCUT2D eigenvalue weighted by molar-refractivity contribution is -0.133. The van der Waals surface area contributed by atoms with Crippen molar-refractivity contribution in [2.24, 2.45) is 0 Å². The van der Waals surface area contributed by atoms with Crippen LogP contribution in [0.25, 0.3) is 0 Å². The molecule has 0 bridgehead atoms. The Balaban J connectivity index is 1.37. The van der Waals surface area contributed by atoms with Crippen LogP contribution in [0, 0.1) is 0 Å². The highest BCUT2D eigenvalue weighted by Crippen LogP contribution is 2.12. The first kappa shape index (κ1) is 21.7. The van der Waals surface area contributed by atoms with Gasteiger partial charge in [-0.3, -0.25) is 19.3 Å². The largest absolute Gasteiger partial charge is 0.340 e. The van der Waals surface area contributed by atoms with Gasteiger partial charge in [0.05, 0.1) is 6.54 Å². The summed E-state index contributed by atoms with van der Waals surface area (Å²) in [5.74, 6) is 0.0464. The van der Waals surface area contributed by atoms with E-state index < -0.39 is 0 Å². The highest BCUT2D eigenvalue weighted by molar-refractivity contribution is 5.97. The van der Waals surface area contributed by atoms with Crippen LogP contribution < -0.4 is 5.32 Å². The van der Waals surface area contributed by atoms with Gasteiger partial charge in [-0.25, -0.2) is 0 Å². The van der Waals surface area contributed by atoms with Gasteiger partial charge in [0.2, 0.25) is 11.8 Å². The Morgan fingerprint density at radius 2 is 1.67 bits per heavy atom. The van der Waals surface area contributed by atoms with Crippen molar-refractivity contribution in [1.29, 1.82) is 0 Å². The molecular weight excluding hydrogens is 378 g/mol. The van der Waals surface area contributed by atoms with E-state index in [0.29, 0.717) is 43.9 Å². The van der Waals surface area contributed by atoms with E-state index in [1.54, 1.807) is 24.3 Å². The second-order valence-corrected chi connectivity index (χ2v) is 7.68. The van der Waals surface area contributed by atoms with Gasteiger partial charge in [-0.15, -0.1) is 0 Å². The molecule has 1 heterocycles. The Labute approximate surface area is 177 Å². The van der Waals surface area contributed by atoms with E-state index in [2.05, 4.69) is 22.3 Å². The molecule has 1 aliphatic heterocycles. The van der Waals surface area contributed by atoms with E-state index in [9.17, 15) is 14.4 Å². The molecule has 6 nitrogen and oxygen atoms in total. The van der Waals surface area contributed by atoms with Crippen LogP contribution in [0.2, 0.25) is 0 Å². The molecule has 2 aromatic rings. The van der Waals surface area contributed by atoms with E-state index in [0.717, 1.165) is 12.8 Å². The van der Waals surface area contributed by atoms with Crippen molar-refractivity contribution in [1.82, 2.24) is 9.80 Å². The lowest BCUT2D eigenvalue weighted by atomic mass is 10.1. The number of ketones is 1. The van der Waals surface area contributed by atoms with Gasteiger partial charge in [-0.2, -0.15) is 0 Å². The van der Waals surface area contributed by atoms with Crippen LogP contribution in [-0.4, -0.2) is 60.1 Å². The van der Waals surface area contributed by atoms with Gasteiger partial charge in [0.15, 0.2) is 5.78 Å². The maximum atomic E-state index is 12.4. The summed E-state index contributed by atoms with van der Waals surface area (Å²) in [6.45, 7) is 4.45. The number of nitrogens with zero attached hydrogens (tertiary/aromatic N) is 2. The maximum Gasteiger partial charge on any atom is 0.238 e. The number of benzene rings is 2. The standard InChI is InChI=1S/C24H29N3O3/c1-19(28)21-10-6-11-22(17-21)25-23(29)18-26-13-15-27(16-14-26)24(30)12-5-9-20-7-3-2-4-8-20/h2-4,6-8,10-11,17H,5,9,12-16,18H2,1H3,(H,25,29). The highest BCUT2D eigenvalue weighted by Gasteiger charge is 2.22. The molecular formula is C24H29N3O3. The van der Waals surface area contributed by atoms with Crippen molar-refractivity contribution in [3.05, 3.63) is 65.7 Å². The fraction of sp³-hybridized carbons (Fsp3) is 0.375. The van der Waals surface area contributed by atoms with E-state index >= 15 is 0 Å². The normalized spacial score (nSPS) is 14.4. The van der Waals surface area contributed by atoms with Crippen LogP contribution in [0.3, 0.4) is 0 Å². The average Bonchev–Trinajstić information content (AvgIpc) is 2.75. The molecule has 1 saturated heterocycles. The third-order valence-corrected chi connectivity index (χ3v) is 5.34. The minimum Gasteiger partial charge on any atom is -0.340 e. The fourth-order valence-electron chi connectivity index (χ4n) is 3.62. The number of rotatable bonds is 8. The third kappa shape index (κ3) is 6.52. The first-order valence-electron chi connectivity index (χ1n) is 10.5. The molecule has 0 unspecified atom stereocenters. The molecule has 0 aromatic heterocycles. The highest BCUT2D eigenvalue weighted by atomic mass is 16.2. The van der Waals surface area contributed by atoms with Crippen LogP contribution in [-0.2, 0) is 16.0 Å². The minimum atomic E-state index is -0.113. The van der Waals surface area contributed by atoms with Gasteiger partial charge < -0.3 is 10.2 Å².